The maximum absolute atomic E-state index is 13.2. The minimum atomic E-state index is -0.0999. The molecule has 2 aliphatic rings. The highest BCUT2D eigenvalue weighted by Crippen LogP contribution is 2.29. The normalized spacial score (nSPS) is 22.4. The Morgan fingerprint density at radius 1 is 1.04 bits per heavy atom. The first-order valence-corrected chi connectivity index (χ1v) is 9.86. The number of hydrogen-bond acceptors (Lipinski definition) is 2. The molecule has 5 nitrogen and oxygen atoms in total. The summed E-state index contributed by atoms with van der Waals surface area (Å²) in [5.74, 6) is 0.126. The van der Waals surface area contributed by atoms with Crippen molar-refractivity contribution >= 4 is 11.8 Å². The molecule has 2 aromatic rings. The van der Waals surface area contributed by atoms with Crippen LogP contribution in [0.3, 0.4) is 0 Å². The summed E-state index contributed by atoms with van der Waals surface area (Å²) < 4.78 is 2.22. The van der Waals surface area contributed by atoms with Crippen LogP contribution in [0.25, 0.3) is 0 Å². The van der Waals surface area contributed by atoms with Gasteiger partial charge >= 0.3 is 0 Å². The molecule has 1 fully saturated rings. The van der Waals surface area contributed by atoms with Gasteiger partial charge in [-0.3, -0.25) is 9.59 Å². The highest BCUT2D eigenvalue weighted by Gasteiger charge is 2.35. The van der Waals surface area contributed by atoms with Crippen LogP contribution in [0.15, 0.2) is 42.6 Å². The number of piperidine rings is 1. The topological polar surface area (TPSA) is 45.6 Å². The van der Waals surface area contributed by atoms with Crippen LogP contribution in [0, 0.1) is 12.8 Å². The molecule has 27 heavy (non-hydrogen) atoms. The third kappa shape index (κ3) is 3.38. The number of rotatable bonds is 2. The molecule has 1 aromatic carbocycles. The van der Waals surface area contributed by atoms with E-state index in [2.05, 4.69) is 23.8 Å². The van der Waals surface area contributed by atoms with Gasteiger partial charge in [-0.15, -0.1) is 0 Å². The first-order chi connectivity index (χ1) is 13.0. The van der Waals surface area contributed by atoms with Crippen LogP contribution >= 0.6 is 0 Å². The zero-order chi connectivity index (χ0) is 19.0. The molecule has 0 aliphatic carbocycles. The number of aryl methyl sites for hydroxylation is 1. The van der Waals surface area contributed by atoms with Gasteiger partial charge in [0.1, 0.15) is 0 Å². The first kappa shape index (κ1) is 17.8. The molecule has 1 aromatic heterocycles. The fourth-order valence-electron chi connectivity index (χ4n) is 4.36. The van der Waals surface area contributed by atoms with Crippen LogP contribution in [0.1, 0.15) is 47.4 Å². The van der Waals surface area contributed by atoms with Crippen LogP contribution in [-0.2, 0) is 11.3 Å². The Kier molecular flexibility index (Phi) is 4.77. The quantitative estimate of drug-likeness (QED) is 0.820. The van der Waals surface area contributed by atoms with Gasteiger partial charge in [-0.25, -0.2) is 0 Å². The van der Waals surface area contributed by atoms with Gasteiger partial charge in [0.25, 0.3) is 5.91 Å². The largest absolute Gasteiger partial charge is 0.348 e. The Bertz CT molecular complexity index is 839. The average Bonchev–Trinajstić information content (AvgIpc) is 3.18. The Labute approximate surface area is 160 Å². The van der Waals surface area contributed by atoms with E-state index in [-0.39, 0.29) is 23.8 Å². The zero-order valence-corrected chi connectivity index (χ0v) is 16.1. The number of amides is 2. The number of carbonyl (C=O) groups is 2. The van der Waals surface area contributed by atoms with Crippen LogP contribution < -0.4 is 0 Å². The number of likely N-dealkylation sites (tertiary alicyclic amines) is 1. The SMILES string of the molecule is Cc1ccc(C(=O)N2CCC[C@H](C(=O)N3CCn4cccc4[C@@H]3C)C2)cc1. The summed E-state index contributed by atoms with van der Waals surface area (Å²) in [7, 11) is 0. The summed E-state index contributed by atoms with van der Waals surface area (Å²) in [6.07, 6.45) is 3.82. The van der Waals surface area contributed by atoms with Gasteiger partial charge in [0.15, 0.2) is 0 Å². The number of hydrogen-bond donors (Lipinski definition) is 0. The predicted molar refractivity (Wildman–Crippen MR) is 104 cm³/mol. The fraction of sp³-hybridized carbons (Fsp3) is 0.455. The number of carbonyl (C=O) groups excluding carboxylic acids is 2. The molecular formula is C22H27N3O2. The molecule has 0 spiro atoms. The van der Waals surface area contributed by atoms with Gasteiger partial charge in [0, 0.05) is 43.6 Å². The monoisotopic (exact) mass is 365 g/mol. The molecular weight excluding hydrogens is 338 g/mol. The van der Waals surface area contributed by atoms with Gasteiger partial charge in [-0.2, -0.15) is 0 Å². The molecule has 2 atom stereocenters. The summed E-state index contributed by atoms with van der Waals surface area (Å²) >= 11 is 0. The summed E-state index contributed by atoms with van der Waals surface area (Å²) in [5, 5.41) is 0. The van der Waals surface area contributed by atoms with E-state index in [1.165, 1.54) is 5.69 Å². The third-order valence-corrected chi connectivity index (χ3v) is 5.98. The highest BCUT2D eigenvalue weighted by atomic mass is 16.2. The molecule has 0 radical (unpaired) electrons. The summed E-state index contributed by atoms with van der Waals surface area (Å²) in [6, 6.07) is 11.9. The van der Waals surface area contributed by atoms with Crippen molar-refractivity contribution in [2.45, 2.75) is 39.3 Å². The minimum Gasteiger partial charge on any atom is -0.348 e. The smallest absolute Gasteiger partial charge is 0.253 e. The lowest BCUT2D eigenvalue weighted by molar-refractivity contribution is -0.140. The van der Waals surface area contributed by atoms with E-state index in [9.17, 15) is 9.59 Å². The van der Waals surface area contributed by atoms with Crippen LogP contribution in [0.5, 0.6) is 0 Å². The molecule has 0 bridgehead atoms. The van der Waals surface area contributed by atoms with Gasteiger partial charge in [0.2, 0.25) is 5.91 Å². The third-order valence-electron chi connectivity index (χ3n) is 5.98. The van der Waals surface area contributed by atoms with Crippen LogP contribution in [0.2, 0.25) is 0 Å². The molecule has 5 heteroatoms. The summed E-state index contributed by atoms with van der Waals surface area (Å²) in [5.41, 5.74) is 3.04. The molecule has 1 saturated heterocycles. The first-order valence-electron chi connectivity index (χ1n) is 9.86. The molecule has 2 aliphatic heterocycles. The second-order valence-electron chi connectivity index (χ2n) is 7.79. The average molecular weight is 365 g/mol. The lowest BCUT2D eigenvalue weighted by atomic mass is 9.94. The predicted octanol–water partition coefficient (Wildman–Crippen LogP) is 3.25. The molecule has 2 amide bonds. The molecule has 0 saturated carbocycles. The van der Waals surface area contributed by atoms with Crippen molar-refractivity contribution in [1.82, 2.24) is 14.4 Å². The molecule has 0 N–H and O–H groups in total. The molecule has 0 unspecified atom stereocenters. The van der Waals surface area contributed by atoms with Crippen molar-refractivity contribution in [3.8, 4) is 0 Å². The van der Waals surface area contributed by atoms with E-state index in [0.717, 1.165) is 38.0 Å². The van der Waals surface area contributed by atoms with Crippen molar-refractivity contribution < 1.29 is 9.59 Å². The van der Waals surface area contributed by atoms with Crippen molar-refractivity contribution in [1.29, 1.82) is 0 Å². The Morgan fingerprint density at radius 3 is 2.59 bits per heavy atom. The van der Waals surface area contributed by atoms with Crippen LogP contribution in [0.4, 0.5) is 0 Å². The molecule has 142 valence electrons. The highest BCUT2D eigenvalue weighted by molar-refractivity contribution is 5.94. The van der Waals surface area contributed by atoms with E-state index in [1.807, 2.05) is 47.1 Å². The summed E-state index contributed by atoms with van der Waals surface area (Å²) in [4.78, 5) is 29.9. The Hall–Kier alpha value is -2.56. The summed E-state index contributed by atoms with van der Waals surface area (Å²) in [6.45, 7) is 6.95. The van der Waals surface area contributed by atoms with Crippen molar-refractivity contribution in [3.63, 3.8) is 0 Å². The zero-order valence-electron chi connectivity index (χ0n) is 16.1. The van der Waals surface area contributed by atoms with E-state index >= 15 is 0 Å². The molecule has 4 rings (SSSR count). The van der Waals surface area contributed by atoms with E-state index in [0.29, 0.717) is 12.1 Å². The fourth-order valence-corrected chi connectivity index (χ4v) is 4.36. The standard InChI is InChI=1S/C22H27N3O2/c1-16-7-9-18(10-8-16)21(26)24-12-3-5-19(15-24)22(27)25-14-13-23-11-4-6-20(23)17(25)2/h4,6-11,17,19H,3,5,12-15H2,1-2H3/t17-,19-/m0/s1. The second-order valence-corrected chi connectivity index (χ2v) is 7.79. The van der Waals surface area contributed by atoms with Crippen molar-refractivity contribution in [3.05, 3.63) is 59.4 Å². The van der Waals surface area contributed by atoms with Crippen molar-refractivity contribution in [2.75, 3.05) is 19.6 Å². The van der Waals surface area contributed by atoms with Gasteiger partial charge < -0.3 is 14.4 Å². The van der Waals surface area contributed by atoms with Crippen LogP contribution in [-0.4, -0.2) is 45.8 Å². The number of benzene rings is 1. The van der Waals surface area contributed by atoms with Gasteiger partial charge in [-0.05, 0) is 51.0 Å². The maximum atomic E-state index is 13.2. The lowest BCUT2D eigenvalue weighted by Gasteiger charge is -2.39. The Balaban J connectivity index is 1.46. The van der Waals surface area contributed by atoms with E-state index in [4.69, 9.17) is 0 Å². The Morgan fingerprint density at radius 2 is 1.81 bits per heavy atom. The number of fused-ring (bicyclic) bond motifs is 1. The van der Waals surface area contributed by atoms with E-state index < -0.39 is 0 Å². The van der Waals surface area contributed by atoms with E-state index in [1.54, 1.807) is 0 Å². The van der Waals surface area contributed by atoms with Gasteiger partial charge in [0.05, 0.1) is 12.0 Å². The lowest BCUT2D eigenvalue weighted by Crippen LogP contribution is -2.49. The van der Waals surface area contributed by atoms with Crippen molar-refractivity contribution in [2.24, 2.45) is 5.92 Å². The number of nitrogens with zero attached hydrogens (tertiary/aromatic N) is 3. The minimum absolute atomic E-state index is 0.0352. The number of aromatic nitrogens is 1. The van der Waals surface area contributed by atoms with Gasteiger partial charge in [-0.1, -0.05) is 17.7 Å². The molecule has 3 heterocycles. The maximum Gasteiger partial charge on any atom is 0.253 e. The second kappa shape index (κ2) is 7.22.